The third kappa shape index (κ3) is 5.21. The lowest BCUT2D eigenvalue weighted by Crippen LogP contribution is -2.15. The van der Waals surface area contributed by atoms with Crippen LogP contribution in [0.25, 0.3) is 22.0 Å². The van der Waals surface area contributed by atoms with Gasteiger partial charge in [0.15, 0.2) is 0 Å². The van der Waals surface area contributed by atoms with Gasteiger partial charge in [0.2, 0.25) is 5.88 Å². The van der Waals surface area contributed by atoms with Gasteiger partial charge in [0, 0.05) is 35.0 Å². The average Bonchev–Trinajstić information content (AvgIpc) is 2.81. The molecule has 0 aliphatic heterocycles. The van der Waals surface area contributed by atoms with Crippen molar-refractivity contribution in [3.05, 3.63) is 78.1 Å². The summed E-state index contributed by atoms with van der Waals surface area (Å²) in [7, 11) is -3.10. The zero-order valence-electron chi connectivity index (χ0n) is 18.6. The van der Waals surface area contributed by atoms with Gasteiger partial charge in [-0.1, -0.05) is 17.9 Å². The van der Waals surface area contributed by atoms with Crippen molar-refractivity contribution in [2.24, 2.45) is 0 Å². The van der Waals surface area contributed by atoms with E-state index < -0.39 is 32.7 Å². The molecule has 2 heterocycles. The smallest absolute Gasteiger partial charge is 0.264 e. The molecule has 35 heavy (non-hydrogen) atoms. The van der Waals surface area contributed by atoms with E-state index in [2.05, 4.69) is 26.5 Å². The predicted molar refractivity (Wildman–Crippen MR) is 127 cm³/mol. The molecule has 10 heteroatoms. The Kier molecular flexibility index (Phi) is 6.64. The number of nitrogens with zero attached hydrogens (tertiary/aromatic N) is 2. The number of rotatable bonds is 5. The Morgan fingerprint density at radius 3 is 2.57 bits per heavy atom. The molecule has 1 atom stereocenters. The molecule has 0 aliphatic rings. The number of ether oxygens (including phenoxy) is 1. The first-order chi connectivity index (χ1) is 16.7. The van der Waals surface area contributed by atoms with Crippen LogP contribution in [-0.4, -0.2) is 36.7 Å². The minimum atomic E-state index is -4.41. The van der Waals surface area contributed by atoms with E-state index in [0.29, 0.717) is 28.3 Å². The predicted octanol–water partition coefficient (Wildman–Crippen LogP) is 4.12. The second kappa shape index (κ2) is 9.66. The monoisotopic (exact) mass is 495 g/mol. The van der Waals surface area contributed by atoms with Crippen LogP contribution in [0.3, 0.4) is 0 Å². The lowest BCUT2D eigenvalue weighted by Gasteiger charge is -2.13. The van der Waals surface area contributed by atoms with Crippen molar-refractivity contribution in [3.8, 4) is 28.8 Å². The van der Waals surface area contributed by atoms with Gasteiger partial charge >= 0.3 is 0 Å². The Hall–Kier alpha value is -4.07. The van der Waals surface area contributed by atoms with E-state index in [9.17, 15) is 22.3 Å². The first kappa shape index (κ1) is 24.1. The third-order valence-corrected chi connectivity index (χ3v) is 6.36. The summed E-state index contributed by atoms with van der Waals surface area (Å²) in [6, 6.07) is 10.8. The highest BCUT2D eigenvalue weighted by Gasteiger charge is 2.22. The number of aromatic nitrogens is 2. The Bertz CT molecular complexity index is 1600. The summed E-state index contributed by atoms with van der Waals surface area (Å²) in [6.07, 6.45) is 2.31. The molecule has 0 amide bonds. The number of methoxy groups -OCH3 is 1. The Morgan fingerprint density at radius 1 is 1.06 bits per heavy atom. The van der Waals surface area contributed by atoms with E-state index in [-0.39, 0.29) is 11.6 Å². The van der Waals surface area contributed by atoms with Gasteiger partial charge in [0.1, 0.15) is 28.3 Å². The fraction of sp³-hybridized carbons (Fsp3) is 0.120. The van der Waals surface area contributed by atoms with Gasteiger partial charge in [0.05, 0.1) is 12.6 Å². The van der Waals surface area contributed by atoms with Crippen LogP contribution >= 0.6 is 0 Å². The highest BCUT2D eigenvalue weighted by atomic mass is 32.2. The van der Waals surface area contributed by atoms with Crippen molar-refractivity contribution in [3.63, 3.8) is 0 Å². The van der Waals surface area contributed by atoms with Crippen LogP contribution in [0.4, 0.5) is 14.5 Å². The molecule has 0 radical (unpaired) electrons. The van der Waals surface area contributed by atoms with E-state index in [4.69, 9.17) is 4.74 Å². The number of halogens is 2. The van der Waals surface area contributed by atoms with Crippen molar-refractivity contribution in [1.29, 1.82) is 0 Å². The molecule has 0 bridgehead atoms. The number of aliphatic hydroxyl groups is 1. The minimum absolute atomic E-state index is 0.0332. The molecule has 2 aromatic heterocycles. The third-order valence-electron chi connectivity index (χ3n) is 4.96. The summed E-state index contributed by atoms with van der Waals surface area (Å²) >= 11 is 0. The van der Waals surface area contributed by atoms with Gasteiger partial charge < -0.3 is 9.84 Å². The maximum Gasteiger partial charge on any atom is 0.264 e. The summed E-state index contributed by atoms with van der Waals surface area (Å²) < 4.78 is 60.4. The van der Waals surface area contributed by atoms with Crippen LogP contribution in [0.15, 0.2) is 65.8 Å². The van der Waals surface area contributed by atoms with Crippen molar-refractivity contribution < 1.29 is 27.0 Å². The number of aliphatic hydroxyl groups excluding tert-OH is 1. The Labute approximate surface area is 200 Å². The lowest BCUT2D eigenvalue weighted by molar-refractivity contribution is 0.253. The quantitative estimate of drug-likeness (QED) is 0.404. The lowest BCUT2D eigenvalue weighted by atomic mass is 10.0. The second-order valence-electron chi connectivity index (χ2n) is 7.50. The molecule has 0 aliphatic carbocycles. The highest BCUT2D eigenvalue weighted by Crippen LogP contribution is 2.32. The highest BCUT2D eigenvalue weighted by molar-refractivity contribution is 7.92. The van der Waals surface area contributed by atoms with E-state index in [1.807, 2.05) is 6.07 Å². The fourth-order valence-electron chi connectivity index (χ4n) is 3.36. The molecular formula is C25H19F2N3O4S. The molecular weight excluding hydrogens is 476 g/mol. The summed E-state index contributed by atoms with van der Waals surface area (Å²) in [5.74, 6) is 3.47. The molecule has 0 spiro atoms. The normalized spacial score (nSPS) is 12.0. The Morgan fingerprint density at radius 2 is 1.86 bits per heavy atom. The summed E-state index contributed by atoms with van der Waals surface area (Å²) in [5, 5.41) is 10.2. The summed E-state index contributed by atoms with van der Waals surface area (Å²) in [5.41, 5.74) is 2.51. The first-order valence-electron chi connectivity index (χ1n) is 10.3. The number of hydrogen-bond donors (Lipinski definition) is 2. The van der Waals surface area contributed by atoms with Gasteiger partial charge in [-0.05, 0) is 48.9 Å². The van der Waals surface area contributed by atoms with Crippen molar-refractivity contribution in [1.82, 2.24) is 9.97 Å². The number of hydrogen-bond acceptors (Lipinski definition) is 6. The largest absolute Gasteiger partial charge is 0.480 e. The second-order valence-corrected chi connectivity index (χ2v) is 9.15. The zero-order chi connectivity index (χ0) is 25.2. The number of nitrogens with one attached hydrogen (secondary N) is 1. The SMILES string of the molecule is COc1ncc(-c2ccc3nccc(C#CC(C)O)c3c2)cc1NS(=O)(=O)c1ccc(F)cc1F. The number of pyridine rings is 2. The van der Waals surface area contributed by atoms with Gasteiger partial charge in [-0.25, -0.2) is 22.2 Å². The molecule has 1 unspecified atom stereocenters. The standard InChI is InChI=1S/C25H19F2N3O4S/c1-15(31)3-4-16-9-10-28-22-7-5-17(11-20(16)22)18-12-23(25(34-2)29-14-18)30-35(32,33)24-8-6-19(26)13-21(24)27/h5-15,30-31H,1-2H3. The number of fused-ring (bicyclic) bond motifs is 1. The fourth-order valence-corrected chi connectivity index (χ4v) is 4.46. The number of benzene rings is 2. The van der Waals surface area contributed by atoms with Crippen LogP contribution in [0.2, 0.25) is 0 Å². The molecule has 0 fully saturated rings. The van der Waals surface area contributed by atoms with Crippen LogP contribution in [0.1, 0.15) is 12.5 Å². The van der Waals surface area contributed by atoms with Crippen molar-refractivity contribution in [2.75, 3.05) is 11.8 Å². The number of sulfonamides is 1. The van der Waals surface area contributed by atoms with Crippen LogP contribution in [-0.2, 0) is 10.0 Å². The van der Waals surface area contributed by atoms with Gasteiger partial charge in [-0.2, -0.15) is 0 Å². The van der Waals surface area contributed by atoms with E-state index in [1.165, 1.54) is 19.4 Å². The maximum absolute atomic E-state index is 14.1. The van der Waals surface area contributed by atoms with E-state index in [1.54, 1.807) is 31.3 Å². The van der Waals surface area contributed by atoms with Crippen LogP contribution in [0.5, 0.6) is 5.88 Å². The molecule has 0 saturated heterocycles. The average molecular weight is 496 g/mol. The minimum Gasteiger partial charge on any atom is -0.480 e. The van der Waals surface area contributed by atoms with E-state index in [0.717, 1.165) is 17.5 Å². The molecule has 4 aromatic rings. The topological polar surface area (TPSA) is 101 Å². The molecule has 178 valence electrons. The summed E-state index contributed by atoms with van der Waals surface area (Å²) in [4.78, 5) is 7.78. The van der Waals surface area contributed by atoms with Crippen LogP contribution < -0.4 is 9.46 Å². The maximum atomic E-state index is 14.1. The molecule has 4 rings (SSSR count). The van der Waals surface area contributed by atoms with Crippen molar-refractivity contribution >= 4 is 26.6 Å². The summed E-state index contributed by atoms with van der Waals surface area (Å²) in [6.45, 7) is 1.56. The van der Waals surface area contributed by atoms with Crippen molar-refractivity contribution in [2.45, 2.75) is 17.9 Å². The van der Waals surface area contributed by atoms with Gasteiger partial charge in [-0.15, -0.1) is 0 Å². The van der Waals surface area contributed by atoms with Crippen LogP contribution in [0, 0.1) is 23.5 Å². The molecule has 2 N–H and O–H groups in total. The Balaban J connectivity index is 1.77. The molecule has 7 nitrogen and oxygen atoms in total. The van der Waals surface area contributed by atoms with Gasteiger partial charge in [-0.3, -0.25) is 9.71 Å². The first-order valence-corrected chi connectivity index (χ1v) is 11.8. The molecule has 0 saturated carbocycles. The molecule has 2 aromatic carbocycles. The van der Waals surface area contributed by atoms with Gasteiger partial charge in [0.25, 0.3) is 10.0 Å². The zero-order valence-corrected chi connectivity index (χ0v) is 19.4. The van der Waals surface area contributed by atoms with E-state index >= 15 is 0 Å². The number of anilines is 1.